The number of benzene rings is 2. The highest BCUT2D eigenvalue weighted by Crippen LogP contribution is 2.23. The molecule has 0 aliphatic heterocycles. The lowest BCUT2D eigenvalue weighted by Gasteiger charge is -2.19. The van der Waals surface area contributed by atoms with E-state index >= 15 is 0 Å². The van der Waals surface area contributed by atoms with Crippen LogP contribution in [0.3, 0.4) is 0 Å². The standard InChI is InChI=1S/C22H28N2O4/c1-22(2,3)21(28)23-12-6-9-19(25)24-18(14-20(26)27)17-11-10-15-7-4-5-8-16(15)13-17/h4-5,7-8,10-11,13,18H,6,9,12,14H2,1-3H3,(H,23,28)(H,24,25)(H,26,27)/t18-/m0/s1. The predicted molar refractivity (Wildman–Crippen MR) is 109 cm³/mol. The Morgan fingerprint density at radius 1 is 1.04 bits per heavy atom. The number of amides is 2. The summed E-state index contributed by atoms with van der Waals surface area (Å²) in [7, 11) is 0. The van der Waals surface area contributed by atoms with Gasteiger partial charge in [-0.15, -0.1) is 0 Å². The fourth-order valence-electron chi connectivity index (χ4n) is 2.83. The number of carboxylic acid groups (broad SMARTS) is 1. The third kappa shape index (κ3) is 6.37. The van der Waals surface area contributed by atoms with Gasteiger partial charge in [0.25, 0.3) is 0 Å². The number of rotatable bonds is 8. The van der Waals surface area contributed by atoms with Crippen molar-refractivity contribution in [1.82, 2.24) is 10.6 Å². The summed E-state index contributed by atoms with van der Waals surface area (Å²) in [4.78, 5) is 35.4. The van der Waals surface area contributed by atoms with Crippen LogP contribution in [0.1, 0.15) is 51.6 Å². The van der Waals surface area contributed by atoms with Gasteiger partial charge < -0.3 is 15.7 Å². The van der Waals surface area contributed by atoms with E-state index in [1.54, 1.807) is 0 Å². The highest BCUT2D eigenvalue weighted by molar-refractivity contribution is 5.84. The third-order valence-electron chi connectivity index (χ3n) is 4.44. The molecule has 0 saturated heterocycles. The van der Waals surface area contributed by atoms with Crippen molar-refractivity contribution in [2.75, 3.05) is 6.54 Å². The van der Waals surface area contributed by atoms with Crippen LogP contribution in [0.2, 0.25) is 0 Å². The second-order valence-electron chi connectivity index (χ2n) is 7.93. The van der Waals surface area contributed by atoms with Gasteiger partial charge in [0.1, 0.15) is 0 Å². The fourth-order valence-corrected chi connectivity index (χ4v) is 2.83. The van der Waals surface area contributed by atoms with Gasteiger partial charge in [0.15, 0.2) is 0 Å². The van der Waals surface area contributed by atoms with Crippen LogP contribution in [-0.2, 0) is 14.4 Å². The first-order chi connectivity index (χ1) is 13.2. The van der Waals surface area contributed by atoms with E-state index in [9.17, 15) is 19.5 Å². The van der Waals surface area contributed by atoms with E-state index in [0.29, 0.717) is 13.0 Å². The van der Waals surface area contributed by atoms with Crippen LogP contribution in [0.25, 0.3) is 10.8 Å². The Morgan fingerprint density at radius 3 is 2.36 bits per heavy atom. The Balaban J connectivity index is 1.96. The zero-order valence-electron chi connectivity index (χ0n) is 16.6. The average Bonchev–Trinajstić information content (AvgIpc) is 2.63. The zero-order valence-corrected chi connectivity index (χ0v) is 16.6. The molecular formula is C22H28N2O4. The second kappa shape index (κ2) is 9.35. The van der Waals surface area contributed by atoms with Gasteiger partial charge in [0, 0.05) is 18.4 Å². The molecule has 28 heavy (non-hydrogen) atoms. The number of hydrogen-bond acceptors (Lipinski definition) is 3. The molecule has 0 aromatic heterocycles. The first-order valence-corrected chi connectivity index (χ1v) is 9.45. The molecule has 6 nitrogen and oxygen atoms in total. The van der Waals surface area contributed by atoms with E-state index in [2.05, 4.69) is 10.6 Å². The van der Waals surface area contributed by atoms with E-state index < -0.39 is 17.4 Å². The molecule has 0 aliphatic rings. The highest BCUT2D eigenvalue weighted by Gasteiger charge is 2.21. The summed E-state index contributed by atoms with van der Waals surface area (Å²) in [5.74, 6) is -1.27. The normalized spacial score (nSPS) is 12.4. The smallest absolute Gasteiger partial charge is 0.305 e. The molecule has 2 rings (SSSR count). The lowest BCUT2D eigenvalue weighted by atomic mass is 9.96. The molecule has 0 aliphatic carbocycles. The topological polar surface area (TPSA) is 95.5 Å². The third-order valence-corrected chi connectivity index (χ3v) is 4.44. The Morgan fingerprint density at radius 2 is 1.71 bits per heavy atom. The van der Waals surface area contributed by atoms with Crippen LogP contribution in [0.15, 0.2) is 42.5 Å². The lowest BCUT2D eigenvalue weighted by molar-refractivity contribution is -0.138. The number of nitrogens with one attached hydrogen (secondary N) is 2. The number of carboxylic acids is 1. The van der Waals surface area contributed by atoms with Gasteiger partial charge in [-0.2, -0.15) is 0 Å². The van der Waals surface area contributed by atoms with Gasteiger partial charge in [-0.3, -0.25) is 14.4 Å². The molecule has 0 spiro atoms. The first-order valence-electron chi connectivity index (χ1n) is 9.45. The first kappa shape index (κ1) is 21.4. The van der Waals surface area contributed by atoms with E-state index in [1.807, 2.05) is 63.2 Å². The van der Waals surface area contributed by atoms with E-state index in [1.165, 1.54) is 0 Å². The largest absolute Gasteiger partial charge is 0.481 e. The van der Waals surface area contributed by atoms with E-state index in [0.717, 1.165) is 16.3 Å². The van der Waals surface area contributed by atoms with Crippen molar-refractivity contribution in [3.05, 3.63) is 48.0 Å². The predicted octanol–water partition coefficient (Wildman–Crippen LogP) is 3.41. The van der Waals surface area contributed by atoms with Gasteiger partial charge in [-0.05, 0) is 28.8 Å². The number of fused-ring (bicyclic) bond motifs is 1. The van der Waals surface area contributed by atoms with Crippen molar-refractivity contribution in [1.29, 1.82) is 0 Å². The monoisotopic (exact) mass is 384 g/mol. The van der Waals surface area contributed by atoms with Crippen molar-refractivity contribution >= 4 is 28.6 Å². The summed E-state index contributed by atoms with van der Waals surface area (Å²) < 4.78 is 0. The number of carbonyl (C=O) groups excluding carboxylic acids is 2. The maximum Gasteiger partial charge on any atom is 0.305 e. The molecule has 0 heterocycles. The molecule has 150 valence electrons. The molecule has 0 bridgehead atoms. The van der Waals surface area contributed by atoms with E-state index in [4.69, 9.17) is 0 Å². The Kier molecular flexibility index (Phi) is 7.15. The lowest BCUT2D eigenvalue weighted by Crippen LogP contribution is -2.36. The maximum absolute atomic E-state index is 12.3. The SMILES string of the molecule is CC(C)(C)C(=O)NCCCC(=O)N[C@@H](CC(=O)O)c1ccc2ccccc2c1. The van der Waals surface area contributed by atoms with Gasteiger partial charge in [-0.1, -0.05) is 57.2 Å². The Labute approximate surface area is 165 Å². The molecule has 2 aromatic rings. The van der Waals surface area contributed by atoms with E-state index in [-0.39, 0.29) is 24.7 Å². The summed E-state index contributed by atoms with van der Waals surface area (Å²) in [6, 6.07) is 12.9. The van der Waals surface area contributed by atoms with Crippen LogP contribution in [0.4, 0.5) is 0 Å². The summed E-state index contributed by atoms with van der Waals surface area (Å²) in [5, 5.41) is 16.9. The average molecular weight is 384 g/mol. The van der Waals surface area contributed by atoms with Crippen LogP contribution in [0.5, 0.6) is 0 Å². The van der Waals surface area contributed by atoms with Crippen molar-refractivity contribution < 1.29 is 19.5 Å². The van der Waals surface area contributed by atoms with Gasteiger partial charge >= 0.3 is 5.97 Å². The van der Waals surface area contributed by atoms with Crippen LogP contribution in [0, 0.1) is 5.41 Å². The molecule has 2 amide bonds. The highest BCUT2D eigenvalue weighted by atomic mass is 16.4. The minimum Gasteiger partial charge on any atom is -0.481 e. The maximum atomic E-state index is 12.3. The molecule has 1 atom stereocenters. The van der Waals surface area contributed by atoms with Gasteiger partial charge in [0.2, 0.25) is 11.8 Å². The summed E-state index contributed by atoms with van der Waals surface area (Å²) >= 11 is 0. The molecular weight excluding hydrogens is 356 g/mol. The molecule has 0 saturated carbocycles. The van der Waals surface area contributed by atoms with Crippen LogP contribution in [-0.4, -0.2) is 29.4 Å². The number of carbonyl (C=O) groups is 3. The molecule has 6 heteroatoms. The van der Waals surface area contributed by atoms with Crippen molar-refractivity contribution in [2.45, 2.75) is 46.1 Å². The fraction of sp³-hybridized carbons (Fsp3) is 0.409. The van der Waals surface area contributed by atoms with Gasteiger partial charge in [0.05, 0.1) is 12.5 Å². The summed E-state index contributed by atoms with van der Waals surface area (Å²) in [6.45, 7) is 5.89. The molecule has 0 radical (unpaired) electrons. The zero-order chi connectivity index (χ0) is 20.7. The quantitative estimate of drug-likeness (QED) is 0.608. The minimum atomic E-state index is -0.976. The molecule has 2 aromatic carbocycles. The van der Waals surface area contributed by atoms with Crippen molar-refractivity contribution in [3.63, 3.8) is 0 Å². The molecule has 0 fully saturated rings. The molecule has 0 unspecified atom stereocenters. The Bertz CT molecular complexity index is 855. The minimum absolute atomic E-state index is 0.0622. The number of aliphatic carboxylic acids is 1. The van der Waals surface area contributed by atoms with Crippen molar-refractivity contribution in [3.8, 4) is 0 Å². The second-order valence-corrected chi connectivity index (χ2v) is 7.93. The summed E-state index contributed by atoms with van der Waals surface area (Å²) in [6.07, 6.45) is 0.518. The number of hydrogen-bond donors (Lipinski definition) is 3. The van der Waals surface area contributed by atoms with Crippen LogP contribution >= 0.6 is 0 Å². The van der Waals surface area contributed by atoms with Gasteiger partial charge in [-0.25, -0.2) is 0 Å². The molecule has 3 N–H and O–H groups in total. The van der Waals surface area contributed by atoms with Crippen LogP contribution < -0.4 is 10.6 Å². The van der Waals surface area contributed by atoms with Crippen molar-refractivity contribution in [2.24, 2.45) is 5.41 Å². The Hall–Kier alpha value is -2.89. The summed E-state index contributed by atoms with van der Waals surface area (Å²) in [5.41, 5.74) is 0.292.